The first kappa shape index (κ1) is 18.5. The summed E-state index contributed by atoms with van der Waals surface area (Å²) in [6, 6.07) is 12.8. The number of ether oxygens (including phenoxy) is 1. The van der Waals surface area contributed by atoms with Crippen LogP contribution in [0.4, 0.5) is 0 Å². The van der Waals surface area contributed by atoms with Gasteiger partial charge in [0.2, 0.25) is 5.91 Å². The third kappa shape index (κ3) is 3.24. The molecule has 1 spiro atoms. The van der Waals surface area contributed by atoms with Crippen molar-refractivity contribution in [3.8, 4) is 5.75 Å². The molecule has 6 nitrogen and oxygen atoms in total. The number of amides is 2. The van der Waals surface area contributed by atoms with Gasteiger partial charge in [-0.1, -0.05) is 24.3 Å². The predicted octanol–water partition coefficient (Wildman–Crippen LogP) is 2.72. The second kappa shape index (κ2) is 7.28. The van der Waals surface area contributed by atoms with Gasteiger partial charge in [-0.3, -0.25) is 14.8 Å². The summed E-state index contributed by atoms with van der Waals surface area (Å²) in [5, 5.41) is 14.0. The molecule has 0 radical (unpaired) electrons. The summed E-state index contributed by atoms with van der Waals surface area (Å²) in [5.41, 5.74) is 3.10. The highest BCUT2D eigenvalue weighted by Gasteiger charge is 2.44. The van der Waals surface area contributed by atoms with Crippen LogP contribution in [0.5, 0.6) is 5.75 Å². The minimum atomic E-state index is -0.451. The number of para-hydroxylation sites is 1. The van der Waals surface area contributed by atoms with E-state index in [1.54, 1.807) is 19.2 Å². The van der Waals surface area contributed by atoms with Crippen molar-refractivity contribution in [3.63, 3.8) is 0 Å². The number of hydroxylamine groups is 2. The SMILES string of the molecule is COc1ccccc1CN(O)C(=O)c1ccc2c(c1)CC[C@]1(CCNC1=O)C2. The van der Waals surface area contributed by atoms with Crippen LogP contribution in [0, 0.1) is 5.41 Å². The molecule has 6 heteroatoms. The first-order valence-electron chi connectivity index (χ1n) is 9.55. The second-order valence-electron chi connectivity index (χ2n) is 7.62. The van der Waals surface area contributed by atoms with Crippen molar-refractivity contribution in [1.29, 1.82) is 0 Å². The van der Waals surface area contributed by atoms with Crippen molar-refractivity contribution in [1.82, 2.24) is 10.4 Å². The molecule has 1 fully saturated rings. The zero-order chi connectivity index (χ0) is 19.7. The van der Waals surface area contributed by atoms with Crippen LogP contribution in [0.2, 0.25) is 0 Å². The van der Waals surface area contributed by atoms with Gasteiger partial charge in [0, 0.05) is 17.7 Å². The minimum absolute atomic E-state index is 0.0449. The Morgan fingerprint density at radius 1 is 1.21 bits per heavy atom. The minimum Gasteiger partial charge on any atom is -0.496 e. The zero-order valence-electron chi connectivity index (χ0n) is 15.9. The topological polar surface area (TPSA) is 78.9 Å². The number of nitrogens with one attached hydrogen (secondary N) is 1. The fourth-order valence-electron chi connectivity index (χ4n) is 4.33. The van der Waals surface area contributed by atoms with E-state index in [4.69, 9.17) is 4.74 Å². The molecular weight excluding hydrogens is 356 g/mol. The smallest absolute Gasteiger partial charge is 0.277 e. The molecule has 0 unspecified atom stereocenters. The van der Waals surface area contributed by atoms with Crippen molar-refractivity contribution in [2.24, 2.45) is 5.41 Å². The van der Waals surface area contributed by atoms with E-state index in [1.165, 1.54) is 0 Å². The Labute approximate surface area is 164 Å². The lowest BCUT2D eigenvalue weighted by Crippen LogP contribution is -2.36. The molecule has 0 saturated carbocycles. The van der Waals surface area contributed by atoms with E-state index < -0.39 is 5.91 Å². The molecule has 0 bridgehead atoms. The molecule has 2 amide bonds. The monoisotopic (exact) mass is 380 g/mol. The van der Waals surface area contributed by atoms with E-state index in [0.717, 1.165) is 42.5 Å². The zero-order valence-corrected chi connectivity index (χ0v) is 15.9. The standard InChI is InChI=1S/C22H24N2O4/c1-28-19-5-3-2-4-18(19)14-24(27)20(25)16-6-7-17-13-22(9-8-15(17)12-16)10-11-23-21(22)26/h2-7,12,27H,8-11,13-14H2,1H3,(H,23,26)/t22-/m0/s1. The summed E-state index contributed by atoms with van der Waals surface area (Å²) in [4.78, 5) is 24.9. The number of aryl methyl sites for hydroxylation is 1. The van der Waals surface area contributed by atoms with Gasteiger partial charge in [0.15, 0.2) is 0 Å². The first-order chi connectivity index (χ1) is 13.5. The summed E-state index contributed by atoms with van der Waals surface area (Å²) >= 11 is 0. The molecule has 2 aromatic rings. The van der Waals surface area contributed by atoms with Crippen molar-refractivity contribution < 1.29 is 19.5 Å². The molecule has 28 heavy (non-hydrogen) atoms. The molecule has 1 atom stereocenters. The van der Waals surface area contributed by atoms with Crippen LogP contribution in [0.15, 0.2) is 42.5 Å². The third-order valence-electron chi connectivity index (χ3n) is 5.97. The Hall–Kier alpha value is -2.86. The van der Waals surface area contributed by atoms with Crippen LogP contribution < -0.4 is 10.1 Å². The number of benzene rings is 2. The van der Waals surface area contributed by atoms with E-state index >= 15 is 0 Å². The van der Waals surface area contributed by atoms with Gasteiger partial charge in [-0.15, -0.1) is 0 Å². The van der Waals surface area contributed by atoms with Gasteiger partial charge in [-0.05, 0) is 55.0 Å². The molecule has 1 aliphatic carbocycles. The molecule has 1 heterocycles. The number of rotatable bonds is 4. The van der Waals surface area contributed by atoms with Crippen LogP contribution in [-0.4, -0.2) is 35.7 Å². The maximum atomic E-state index is 12.7. The van der Waals surface area contributed by atoms with Crippen LogP contribution in [0.1, 0.15) is 39.9 Å². The van der Waals surface area contributed by atoms with Crippen molar-refractivity contribution in [2.75, 3.05) is 13.7 Å². The number of carbonyl (C=O) groups excluding carboxylic acids is 2. The number of hydrogen-bond acceptors (Lipinski definition) is 4. The Bertz CT molecular complexity index is 927. The largest absolute Gasteiger partial charge is 0.496 e. The molecule has 0 aromatic heterocycles. The van der Waals surface area contributed by atoms with E-state index in [0.29, 0.717) is 22.8 Å². The van der Waals surface area contributed by atoms with Crippen molar-refractivity contribution in [2.45, 2.75) is 32.2 Å². The van der Waals surface area contributed by atoms with Crippen molar-refractivity contribution in [3.05, 3.63) is 64.7 Å². The van der Waals surface area contributed by atoms with Gasteiger partial charge < -0.3 is 10.1 Å². The number of methoxy groups -OCH3 is 1. The lowest BCUT2D eigenvalue weighted by molar-refractivity contribution is -0.128. The fourth-order valence-corrected chi connectivity index (χ4v) is 4.33. The fraction of sp³-hybridized carbons (Fsp3) is 0.364. The highest BCUT2D eigenvalue weighted by atomic mass is 16.5. The van der Waals surface area contributed by atoms with Gasteiger partial charge in [-0.2, -0.15) is 0 Å². The number of nitrogens with zero attached hydrogens (tertiary/aromatic N) is 1. The van der Waals surface area contributed by atoms with E-state index in [9.17, 15) is 14.8 Å². The average Bonchev–Trinajstić information content (AvgIpc) is 3.06. The number of hydrogen-bond donors (Lipinski definition) is 2. The lowest BCUT2D eigenvalue weighted by Gasteiger charge is -2.32. The molecule has 2 aromatic carbocycles. The molecule has 2 N–H and O–H groups in total. The summed E-state index contributed by atoms with van der Waals surface area (Å²) in [6.45, 7) is 0.788. The average molecular weight is 380 g/mol. The summed E-state index contributed by atoms with van der Waals surface area (Å²) in [5.74, 6) is 0.323. The highest BCUT2D eigenvalue weighted by Crippen LogP contribution is 2.41. The Morgan fingerprint density at radius 2 is 2.04 bits per heavy atom. The highest BCUT2D eigenvalue weighted by molar-refractivity contribution is 5.94. The van der Waals surface area contributed by atoms with E-state index in [-0.39, 0.29) is 17.9 Å². The van der Waals surface area contributed by atoms with Gasteiger partial charge in [0.1, 0.15) is 5.75 Å². The Morgan fingerprint density at radius 3 is 2.79 bits per heavy atom. The maximum Gasteiger partial charge on any atom is 0.277 e. The van der Waals surface area contributed by atoms with E-state index in [2.05, 4.69) is 5.32 Å². The van der Waals surface area contributed by atoms with Crippen LogP contribution in [-0.2, 0) is 24.2 Å². The Balaban J connectivity index is 1.51. The van der Waals surface area contributed by atoms with Crippen LogP contribution in [0.3, 0.4) is 0 Å². The van der Waals surface area contributed by atoms with Gasteiger partial charge in [0.25, 0.3) is 5.91 Å². The molecule has 1 aliphatic heterocycles. The molecule has 4 rings (SSSR count). The molecular formula is C22H24N2O4. The third-order valence-corrected chi connectivity index (χ3v) is 5.97. The second-order valence-corrected chi connectivity index (χ2v) is 7.62. The number of carbonyl (C=O) groups is 2. The van der Waals surface area contributed by atoms with Gasteiger partial charge in [0.05, 0.1) is 19.1 Å². The van der Waals surface area contributed by atoms with Crippen LogP contribution >= 0.6 is 0 Å². The van der Waals surface area contributed by atoms with Crippen molar-refractivity contribution >= 4 is 11.8 Å². The van der Waals surface area contributed by atoms with Gasteiger partial charge in [-0.25, -0.2) is 5.06 Å². The summed E-state index contributed by atoms with van der Waals surface area (Å²) in [7, 11) is 1.56. The maximum absolute atomic E-state index is 12.7. The summed E-state index contributed by atoms with van der Waals surface area (Å²) in [6.07, 6.45) is 3.15. The lowest BCUT2D eigenvalue weighted by atomic mass is 9.70. The summed E-state index contributed by atoms with van der Waals surface area (Å²) < 4.78 is 5.28. The van der Waals surface area contributed by atoms with E-state index in [1.807, 2.05) is 30.3 Å². The first-order valence-corrected chi connectivity index (χ1v) is 9.55. The molecule has 2 aliphatic rings. The van der Waals surface area contributed by atoms with Gasteiger partial charge >= 0.3 is 0 Å². The number of fused-ring (bicyclic) bond motifs is 1. The molecule has 1 saturated heterocycles. The molecule has 146 valence electrons. The van der Waals surface area contributed by atoms with Crippen LogP contribution in [0.25, 0.3) is 0 Å². The Kier molecular flexibility index (Phi) is 4.81. The quantitative estimate of drug-likeness (QED) is 0.631. The predicted molar refractivity (Wildman–Crippen MR) is 103 cm³/mol. The normalized spacial score (nSPS) is 20.6.